The Morgan fingerprint density at radius 1 is 1.59 bits per heavy atom. The maximum absolute atomic E-state index is 4.59. The smallest absolute Gasteiger partial charge is 0.126 e. The van der Waals surface area contributed by atoms with Gasteiger partial charge in [0.15, 0.2) is 0 Å². The second-order valence-corrected chi connectivity index (χ2v) is 5.91. The van der Waals surface area contributed by atoms with E-state index in [1.54, 1.807) is 0 Å². The lowest BCUT2D eigenvalue weighted by Crippen LogP contribution is -2.31. The Hall–Kier alpha value is -0.480. The van der Waals surface area contributed by atoms with Crippen molar-refractivity contribution in [2.24, 2.45) is 0 Å². The first-order valence-electron chi connectivity index (χ1n) is 6.72. The first-order valence-corrected chi connectivity index (χ1v) is 7.77. The van der Waals surface area contributed by atoms with Crippen molar-refractivity contribution in [3.8, 4) is 0 Å². The molecule has 0 amide bonds. The van der Waals surface area contributed by atoms with Gasteiger partial charge < -0.3 is 9.88 Å². The summed E-state index contributed by atoms with van der Waals surface area (Å²) in [6.07, 6.45) is 7.89. The van der Waals surface area contributed by atoms with Crippen molar-refractivity contribution in [1.82, 2.24) is 14.9 Å². The average molecular weight is 253 g/mol. The van der Waals surface area contributed by atoms with Gasteiger partial charge in [-0.25, -0.2) is 4.98 Å². The molecule has 1 aromatic rings. The van der Waals surface area contributed by atoms with Crippen LogP contribution in [0.3, 0.4) is 0 Å². The molecule has 1 aliphatic rings. The van der Waals surface area contributed by atoms with Crippen LogP contribution in [0.4, 0.5) is 0 Å². The summed E-state index contributed by atoms with van der Waals surface area (Å²) in [5.74, 6) is 2.54. The molecular formula is C13H23N3S. The molecule has 1 fully saturated rings. The molecule has 1 N–H and O–H groups in total. The molecule has 2 heterocycles. The Morgan fingerprint density at radius 2 is 2.47 bits per heavy atom. The van der Waals surface area contributed by atoms with Crippen LogP contribution in [-0.4, -0.2) is 27.1 Å². The molecule has 0 saturated carbocycles. The van der Waals surface area contributed by atoms with Gasteiger partial charge in [0.1, 0.15) is 5.82 Å². The van der Waals surface area contributed by atoms with E-state index in [2.05, 4.69) is 46.7 Å². The molecule has 96 valence electrons. The SMILES string of the molecule is CCCn1ccnc1C(NCC)C1CCCS1. The molecule has 0 radical (unpaired) electrons. The first kappa shape index (κ1) is 13.0. The van der Waals surface area contributed by atoms with E-state index in [-0.39, 0.29) is 0 Å². The van der Waals surface area contributed by atoms with Gasteiger partial charge >= 0.3 is 0 Å². The topological polar surface area (TPSA) is 29.9 Å². The van der Waals surface area contributed by atoms with Gasteiger partial charge in [-0.05, 0) is 31.6 Å². The number of hydrogen-bond acceptors (Lipinski definition) is 3. The maximum atomic E-state index is 4.59. The molecule has 0 aliphatic carbocycles. The minimum atomic E-state index is 0.425. The predicted molar refractivity (Wildman–Crippen MR) is 74.4 cm³/mol. The van der Waals surface area contributed by atoms with Gasteiger partial charge in [0, 0.05) is 24.2 Å². The first-order chi connectivity index (χ1) is 8.36. The largest absolute Gasteiger partial charge is 0.334 e. The Bertz CT molecular complexity index is 331. The lowest BCUT2D eigenvalue weighted by molar-refractivity contribution is 0.468. The van der Waals surface area contributed by atoms with Crippen LogP contribution in [0.1, 0.15) is 45.0 Å². The number of hydrogen-bond donors (Lipinski definition) is 1. The Labute approximate surface area is 108 Å². The maximum Gasteiger partial charge on any atom is 0.126 e. The molecule has 0 aromatic carbocycles. The van der Waals surface area contributed by atoms with Gasteiger partial charge in [0.05, 0.1) is 6.04 Å². The summed E-state index contributed by atoms with van der Waals surface area (Å²) >= 11 is 2.10. The van der Waals surface area contributed by atoms with Crippen LogP contribution in [-0.2, 0) is 6.54 Å². The van der Waals surface area contributed by atoms with Crippen molar-refractivity contribution in [2.75, 3.05) is 12.3 Å². The lowest BCUT2D eigenvalue weighted by atomic mass is 10.1. The van der Waals surface area contributed by atoms with Gasteiger partial charge in [-0.2, -0.15) is 11.8 Å². The average Bonchev–Trinajstić information content (AvgIpc) is 2.97. The summed E-state index contributed by atoms with van der Waals surface area (Å²) in [6.45, 7) is 6.49. The highest BCUT2D eigenvalue weighted by molar-refractivity contribution is 8.00. The quantitative estimate of drug-likeness (QED) is 0.845. The van der Waals surface area contributed by atoms with Gasteiger partial charge in [-0.15, -0.1) is 0 Å². The van der Waals surface area contributed by atoms with E-state index in [1.807, 2.05) is 6.20 Å². The molecular weight excluding hydrogens is 230 g/mol. The Kier molecular flexibility index (Phi) is 4.92. The molecule has 4 heteroatoms. The van der Waals surface area contributed by atoms with E-state index in [0.717, 1.165) is 13.1 Å². The normalized spacial score (nSPS) is 21.9. The van der Waals surface area contributed by atoms with E-state index in [1.165, 1.54) is 30.8 Å². The fourth-order valence-corrected chi connectivity index (χ4v) is 3.88. The molecule has 1 saturated heterocycles. The van der Waals surface area contributed by atoms with Gasteiger partial charge in [-0.1, -0.05) is 13.8 Å². The standard InChI is InChI=1S/C13H23N3S/c1-3-8-16-9-7-15-13(16)12(14-4-2)11-6-5-10-17-11/h7,9,11-12,14H,3-6,8,10H2,1-2H3. The van der Waals surface area contributed by atoms with Crippen LogP contribution in [0.15, 0.2) is 12.4 Å². The molecule has 2 atom stereocenters. The lowest BCUT2D eigenvalue weighted by Gasteiger charge is -2.24. The van der Waals surface area contributed by atoms with Gasteiger partial charge in [0.2, 0.25) is 0 Å². The third kappa shape index (κ3) is 3.05. The van der Waals surface area contributed by atoms with Crippen LogP contribution in [0, 0.1) is 0 Å². The third-order valence-electron chi connectivity index (χ3n) is 3.25. The van der Waals surface area contributed by atoms with Crippen molar-refractivity contribution >= 4 is 11.8 Å². The minimum Gasteiger partial charge on any atom is -0.334 e. The van der Waals surface area contributed by atoms with Crippen LogP contribution in [0.25, 0.3) is 0 Å². The highest BCUT2D eigenvalue weighted by Gasteiger charge is 2.29. The number of aromatic nitrogens is 2. The monoisotopic (exact) mass is 253 g/mol. The highest BCUT2D eigenvalue weighted by atomic mass is 32.2. The molecule has 17 heavy (non-hydrogen) atoms. The summed E-state index contributed by atoms with van der Waals surface area (Å²) in [5.41, 5.74) is 0. The van der Waals surface area contributed by atoms with Gasteiger partial charge in [-0.3, -0.25) is 0 Å². The fraction of sp³-hybridized carbons (Fsp3) is 0.769. The number of nitrogens with one attached hydrogen (secondary N) is 1. The van der Waals surface area contributed by atoms with Crippen molar-refractivity contribution in [2.45, 2.75) is 50.9 Å². The number of nitrogens with zero attached hydrogens (tertiary/aromatic N) is 2. The van der Waals surface area contributed by atoms with Crippen molar-refractivity contribution < 1.29 is 0 Å². The fourth-order valence-electron chi connectivity index (χ4n) is 2.50. The van der Waals surface area contributed by atoms with Crippen molar-refractivity contribution in [3.63, 3.8) is 0 Å². The number of thioether (sulfide) groups is 1. The zero-order valence-corrected chi connectivity index (χ0v) is 11.7. The second kappa shape index (κ2) is 6.45. The van der Waals surface area contributed by atoms with Crippen molar-refractivity contribution in [1.29, 1.82) is 0 Å². The molecule has 2 rings (SSSR count). The molecule has 1 aromatic heterocycles. The number of rotatable bonds is 6. The zero-order valence-electron chi connectivity index (χ0n) is 10.9. The summed E-state index contributed by atoms with van der Waals surface area (Å²) < 4.78 is 2.31. The minimum absolute atomic E-state index is 0.425. The van der Waals surface area contributed by atoms with Crippen LogP contribution in [0.2, 0.25) is 0 Å². The zero-order chi connectivity index (χ0) is 12.1. The van der Waals surface area contributed by atoms with E-state index in [4.69, 9.17) is 0 Å². The van der Waals surface area contributed by atoms with E-state index in [9.17, 15) is 0 Å². The molecule has 2 unspecified atom stereocenters. The molecule has 0 bridgehead atoms. The highest BCUT2D eigenvalue weighted by Crippen LogP contribution is 2.35. The molecule has 0 spiro atoms. The van der Waals surface area contributed by atoms with Crippen LogP contribution in [0.5, 0.6) is 0 Å². The molecule has 3 nitrogen and oxygen atoms in total. The van der Waals surface area contributed by atoms with Gasteiger partial charge in [0.25, 0.3) is 0 Å². The molecule has 1 aliphatic heterocycles. The van der Waals surface area contributed by atoms with Crippen LogP contribution >= 0.6 is 11.8 Å². The van der Waals surface area contributed by atoms with E-state index in [0.29, 0.717) is 11.3 Å². The predicted octanol–water partition coefficient (Wildman–Crippen LogP) is 2.84. The third-order valence-corrected chi connectivity index (χ3v) is 4.71. The summed E-state index contributed by atoms with van der Waals surface area (Å²) in [7, 11) is 0. The number of aryl methyl sites for hydroxylation is 1. The summed E-state index contributed by atoms with van der Waals surface area (Å²) in [5, 5.41) is 4.32. The van der Waals surface area contributed by atoms with E-state index < -0.39 is 0 Å². The van der Waals surface area contributed by atoms with E-state index >= 15 is 0 Å². The Morgan fingerprint density at radius 3 is 3.12 bits per heavy atom. The summed E-state index contributed by atoms with van der Waals surface area (Å²) in [6, 6.07) is 0.425. The number of imidazole rings is 1. The Balaban J connectivity index is 2.15. The second-order valence-electron chi connectivity index (χ2n) is 4.57. The van der Waals surface area contributed by atoms with Crippen LogP contribution < -0.4 is 5.32 Å². The summed E-state index contributed by atoms with van der Waals surface area (Å²) in [4.78, 5) is 4.59. The van der Waals surface area contributed by atoms with Crippen molar-refractivity contribution in [3.05, 3.63) is 18.2 Å².